The summed E-state index contributed by atoms with van der Waals surface area (Å²) in [5.74, 6) is -0.678. The molecule has 0 bridgehead atoms. The van der Waals surface area contributed by atoms with Crippen LogP contribution in [0.1, 0.15) is 17.3 Å². The van der Waals surface area contributed by atoms with Gasteiger partial charge in [0.05, 0.1) is 17.9 Å². The maximum Gasteiger partial charge on any atom is 0.259 e. The number of rotatable bonds is 4. The monoisotopic (exact) mass is 308 g/mol. The lowest BCUT2D eigenvalue weighted by Crippen LogP contribution is -2.14. The van der Waals surface area contributed by atoms with E-state index in [0.29, 0.717) is 18.0 Å². The average molecular weight is 309 g/mol. The highest BCUT2D eigenvalue weighted by Crippen LogP contribution is 2.27. The Kier molecular flexibility index (Phi) is 4.65. The van der Waals surface area contributed by atoms with Gasteiger partial charge < -0.3 is 15.8 Å². The largest absolute Gasteiger partial charge is 0.491 e. The molecule has 0 saturated carbocycles. The van der Waals surface area contributed by atoms with Crippen LogP contribution in [0.3, 0.4) is 0 Å². The van der Waals surface area contributed by atoms with Crippen LogP contribution in [0.2, 0.25) is 5.02 Å². The summed E-state index contributed by atoms with van der Waals surface area (Å²) in [7, 11) is 0. The summed E-state index contributed by atoms with van der Waals surface area (Å²) in [4.78, 5) is 12.3. The predicted octanol–water partition coefficient (Wildman–Crippen LogP) is 3.71. The van der Waals surface area contributed by atoms with Gasteiger partial charge in [-0.3, -0.25) is 4.79 Å². The molecule has 0 saturated heterocycles. The van der Waals surface area contributed by atoms with Gasteiger partial charge in [0.1, 0.15) is 5.82 Å². The van der Waals surface area contributed by atoms with Crippen molar-refractivity contribution in [1.29, 1.82) is 0 Å². The third-order valence-corrected chi connectivity index (χ3v) is 2.92. The number of hydrogen-bond acceptors (Lipinski definition) is 3. The first-order valence-corrected chi connectivity index (χ1v) is 6.67. The fourth-order valence-corrected chi connectivity index (χ4v) is 2.09. The second-order valence-electron chi connectivity index (χ2n) is 4.27. The average Bonchev–Trinajstić information content (AvgIpc) is 2.40. The molecule has 4 nitrogen and oxygen atoms in total. The van der Waals surface area contributed by atoms with Crippen molar-refractivity contribution in [2.45, 2.75) is 6.92 Å². The van der Waals surface area contributed by atoms with Crippen molar-refractivity contribution < 1.29 is 13.9 Å². The van der Waals surface area contributed by atoms with Crippen molar-refractivity contribution >= 4 is 28.9 Å². The molecule has 3 N–H and O–H groups in total. The number of ether oxygens (including phenoxy) is 1. The Bertz CT molecular complexity index is 656. The molecule has 2 aromatic carbocycles. The van der Waals surface area contributed by atoms with Gasteiger partial charge in [0.25, 0.3) is 5.91 Å². The number of nitrogens with two attached hydrogens (primary N) is 1. The molecule has 0 aliphatic rings. The van der Waals surface area contributed by atoms with Crippen molar-refractivity contribution in [2.75, 3.05) is 17.7 Å². The number of halogens is 2. The summed E-state index contributed by atoms with van der Waals surface area (Å²) in [5.41, 5.74) is 6.70. The standard InChI is InChI=1S/C15H14ClFN2O2/c1-2-21-14-12(4-3-5-13(14)18)15(20)19-11-7-9(16)6-10(17)8-11/h3-8H,2,18H2,1H3,(H,19,20). The topological polar surface area (TPSA) is 64.3 Å². The minimum Gasteiger partial charge on any atom is -0.491 e. The zero-order valence-electron chi connectivity index (χ0n) is 11.3. The number of carbonyl (C=O) groups is 1. The first kappa shape index (κ1) is 15.1. The molecule has 0 aliphatic carbocycles. The van der Waals surface area contributed by atoms with E-state index in [1.165, 1.54) is 12.1 Å². The predicted molar refractivity (Wildman–Crippen MR) is 81.4 cm³/mol. The van der Waals surface area contributed by atoms with Gasteiger partial charge in [0.2, 0.25) is 0 Å². The fourth-order valence-electron chi connectivity index (χ4n) is 1.86. The van der Waals surface area contributed by atoms with E-state index in [0.717, 1.165) is 6.07 Å². The quantitative estimate of drug-likeness (QED) is 0.846. The van der Waals surface area contributed by atoms with Crippen LogP contribution in [-0.2, 0) is 0 Å². The van der Waals surface area contributed by atoms with Crippen LogP contribution in [-0.4, -0.2) is 12.5 Å². The molecular formula is C15H14ClFN2O2. The molecule has 110 valence electrons. The molecule has 1 amide bonds. The summed E-state index contributed by atoms with van der Waals surface area (Å²) >= 11 is 5.75. The van der Waals surface area contributed by atoms with E-state index in [9.17, 15) is 9.18 Å². The van der Waals surface area contributed by atoms with E-state index in [2.05, 4.69) is 5.32 Å². The lowest BCUT2D eigenvalue weighted by molar-refractivity contribution is 0.102. The van der Waals surface area contributed by atoms with Crippen LogP contribution >= 0.6 is 11.6 Å². The van der Waals surface area contributed by atoms with Gasteiger partial charge in [-0.25, -0.2) is 4.39 Å². The molecule has 0 unspecified atom stereocenters. The Labute approximate surface area is 126 Å². The van der Waals surface area contributed by atoms with Crippen LogP contribution in [0.15, 0.2) is 36.4 Å². The second-order valence-corrected chi connectivity index (χ2v) is 4.71. The molecule has 0 aromatic heterocycles. The Morgan fingerprint density at radius 1 is 1.38 bits per heavy atom. The Balaban J connectivity index is 2.30. The van der Waals surface area contributed by atoms with Crippen LogP contribution < -0.4 is 15.8 Å². The van der Waals surface area contributed by atoms with E-state index < -0.39 is 11.7 Å². The molecule has 21 heavy (non-hydrogen) atoms. The SMILES string of the molecule is CCOc1c(N)cccc1C(=O)Nc1cc(F)cc(Cl)c1. The van der Waals surface area contributed by atoms with Gasteiger partial charge in [0.15, 0.2) is 5.75 Å². The molecule has 6 heteroatoms. The highest BCUT2D eigenvalue weighted by Gasteiger charge is 2.15. The number of nitrogen functional groups attached to an aromatic ring is 1. The summed E-state index contributed by atoms with van der Waals surface area (Å²) in [5, 5.41) is 2.76. The Morgan fingerprint density at radius 3 is 2.81 bits per heavy atom. The van der Waals surface area contributed by atoms with Crippen molar-refractivity contribution in [3.8, 4) is 5.75 Å². The lowest BCUT2D eigenvalue weighted by Gasteiger charge is -2.13. The van der Waals surface area contributed by atoms with Crippen LogP contribution in [0.4, 0.5) is 15.8 Å². The number of anilines is 2. The van der Waals surface area contributed by atoms with E-state index in [4.69, 9.17) is 22.1 Å². The third kappa shape index (κ3) is 3.64. The number of hydrogen-bond donors (Lipinski definition) is 2. The van der Waals surface area contributed by atoms with Crippen LogP contribution in [0.5, 0.6) is 5.75 Å². The van der Waals surface area contributed by atoms with E-state index in [1.54, 1.807) is 25.1 Å². The van der Waals surface area contributed by atoms with E-state index in [1.807, 2.05) is 0 Å². The molecule has 2 rings (SSSR count). The first-order valence-electron chi connectivity index (χ1n) is 6.30. The molecule has 2 aromatic rings. The van der Waals surface area contributed by atoms with Crippen molar-refractivity contribution in [3.63, 3.8) is 0 Å². The zero-order chi connectivity index (χ0) is 15.4. The molecule has 0 heterocycles. The van der Waals surface area contributed by atoms with Crippen molar-refractivity contribution in [1.82, 2.24) is 0 Å². The van der Waals surface area contributed by atoms with Gasteiger partial charge in [-0.1, -0.05) is 17.7 Å². The van der Waals surface area contributed by atoms with Gasteiger partial charge in [-0.15, -0.1) is 0 Å². The number of amides is 1. The summed E-state index contributed by atoms with van der Waals surface area (Å²) < 4.78 is 18.7. The molecule has 0 atom stereocenters. The Morgan fingerprint density at radius 2 is 2.14 bits per heavy atom. The number of carbonyl (C=O) groups excluding carboxylic acids is 1. The number of nitrogens with one attached hydrogen (secondary N) is 1. The van der Waals surface area contributed by atoms with Gasteiger partial charge in [0, 0.05) is 10.7 Å². The number of para-hydroxylation sites is 1. The molecule has 0 spiro atoms. The van der Waals surface area contributed by atoms with Crippen molar-refractivity contribution in [2.24, 2.45) is 0 Å². The molecule has 0 fully saturated rings. The van der Waals surface area contributed by atoms with E-state index >= 15 is 0 Å². The Hall–Kier alpha value is -2.27. The minimum atomic E-state index is -0.532. The lowest BCUT2D eigenvalue weighted by atomic mass is 10.1. The summed E-state index contributed by atoms with van der Waals surface area (Å²) in [6.07, 6.45) is 0. The molecule has 0 radical (unpaired) electrons. The molecule has 0 aliphatic heterocycles. The molecular weight excluding hydrogens is 295 g/mol. The van der Waals surface area contributed by atoms with E-state index in [-0.39, 0.29) is 16.3 Å². The normalized spacial score (nSPS) is 10.2. The van der Waals surface area contributed by atoms with Crippen LogP contribution in [0, 0.1) is 5.82 Å². The third-order valence-electron chi connectivity index (χ3n) is 2.70. The maximum absolute atomic E-state index is 13.3. The zero-order valence-corrected chi connectivity index (χ0v) is 12.1. The highest BCUT2D eigenvalue weighted by molar-refractivity contribution is 6.31. The number of benzene rings is 2. The summed E-state index contributed by atoms with van der Waals surface area (Å²) in [6, 6.07) is 8.65. The second kappa shape index (κ2) is 6.45. The van der Waals surface area contributed by atoms with Gasteiger partial charge >= 0.3 is 0 Å². The first-order chi connectivity index (χ1) is 10.0. The van der Waals surface area contributed by atoms with Crippen molar-refractivity contribution in [3.05, 3.63) is 52.8 Å². The minimum absolute atomic E-state index is 0.197. The van der Waals surface area contributed by atoms with Crippen LogP contribution in [0.25, 0.3) is 0 Å². The maximum atomic E-state index is 13.3. The van der Waals surface area contributed by atoms with Gasteiger partial charge in [-0.05, 0) is 37.3 Å². The van der Waals surface area contributed by atoms with Gasteiger partial charge in [-0.2, -0.15) is 0 Å². The highest BCUT2D eigenvalue weighted by atomic mass is 35.5. The summed E-state index contributed by atoms with van der Waals surface area (Å²) in [6.45, 7) is 2.17. The fraction of sp³-hybridized carbons (Fsp3) is 0.133. The smallest absolute Gasteiger partial charge is 0.259 e.